The van der Waals surface area contributed by atoms with E-state index in [0.717, 1.165) is 23.4 Å². The molecule has 28 heavy (non-hydrogen) atoms. The fraction of sp³-hybridized carbons (Fsp3) is 0.143. The van der Waals surface area contributed by atoms with Gasteiger partial charge in [-0.05, 0) is 59.6 Å². The van der Waals surface area contributed by atoms with Gasteiger partial charge in [-0.1, -0.05) is 6.58 Å². The summed E-state index contributed by atoms with van der Waals surface area (Å²) in [7, 11) is 0. The van der Waals surface area contributed by atoms with Gasteiger partial charge in [0.2, 0.25) is 0 Å². The third-order valence-electron chi connectivity index (χ3n) is 4.25. The summed E-state index contributed by atoms with van der Waals surface area (Å²) in [5.41, 5.74) is 2.73. The molecule has 0 aliphatic heterocycles. The zero-order valence-corrected chi connectivity index (χ0v) is 16.9. The third-order valence-corrected chi connectivity index (χ3v) is 4.98. The Morgan fingerprint density at radius 2 is 2.00 bits per heavy atom. The highest BCUT2D eigenvalue weighted by Gasteiger charge is 2.15. The van der Waals surface area contributed by atoms with Gasteiger partial charge in [0.05, 0.1) is 17.6 Å². The summed E-state index contributed by atoms with van der Waals surface area (Å²) < 4.78 is 34.1. The molecule has 144 valence electrons. The monoisotopic (exact) mass is 446 g/mol. The number of nitrogens with zero attached hydrogens (tertiary/aromatic N) is 2. The Labute approximate surface area is 169 Å². The molecule has 0 aliphatic rings. The van der Waals surface area contributed by atoms with Crippen molar-refractivity contribution in [3.63, 3.8) is 0 Å². The molecule has 0 radical (unpaired) electrons. The Morgan fingerprint density at radius 3 is 2.64 bits per heavy atom. The van der Waals surface area contributed by atoms with Crippen LogP contribution in [0.15, 0.2) is 52.4 Å². The van der Waals surface area contributed by atoms with Crippen molar-refractivity contribution in [2.75, 3.05) is 0 Å². The van der Waals surface area contributed by atoms with E-state index in [2.05, 4.69) is 27.5 Å². The second-order valence-electron chi connectivity index (χ2n) is 6.23. The van der Waals surface area contributed by atoms with Crippen LogP contribution in [-0.2, 0) is 6.61 Å². The largest absolute Gasteiger partial charge is 0.487 e. The van der Waals surface area contributed by atoms with Crippen LogP contribution in [0.4, 0.5) is 8.78 Å². The molecule has 0 bridgehead atoms. The molecule has 1 aromatic carbocycles. The van der Waals surface area contributed by atoms with Crippen molar-refractivity contribution in [2.24, 2.45) is 0 Å². The van der Waals surface area contributed by atoms with E-state index in [1.165, 1.54) is 10.6 Å². The molecule has 0 N–H and O–H groups in total. The van der Waals surface area contributed by atoms with Crippen molar-refractivity contribution >= 4 is 22.0 Å². The molecule has 0 spiro atoms. The van der Waals surface area contributed by atoms with E-state index >= 15 is 0 Å². The van der Waals surface area contributed by atoms with Crippen LogP contribution in [0, 0.1) is 25.5 Å². The molecular formula is C21H17BrF2N2O2. The lowest BCUT2D eigenvalue weighted by Gasteiger charge is -2.15. The number of aryl methyl sites for hydroxylation is 2. The van der Waals surface area contributed by atoms with Crippen LogP contribution in [0.2, 0.25) is 0 Å². The lowest BCUT2D eigenvalue weighted by molar-refractivity contribution is 0.296. The first-order valence-corrected chi connectivity index (χ1v) is 9.19. The van der Waals surface area contributed by atoms with Gasteiger partial charge in [-0.2, -0.15) is 0 Å². The highest BCUT2D eigenvalue weighted by Crippen LogP contribution is 2.25. The number of benzene rings is 1. The quantitative estimate of drug-likeness (QED) is 0.546. The Hall–Kier alpha value is -2.80. The average Bonchev–Trinajstić information content (AvgIpc) is 2.65. The molecule has 0 amide bonds. The van der Waals surface area contributed by atoms with Crippen molar-refractivity contribution in [3.8, 4) is 11.4 Å². The van der Waals surface area contributed by atoms with Crippen LogP contribution in [0.5, 0.6) is 5.75 Å². The zero-order valence-electron chi connectivity index (χ0n) is 15.3. The fourth-order valence-corrected chi connectivity index (χ4v) is 3.21. The Balaban J connectivity index is 1.95. The number of aromatic nitrogens is 2. The molecule has 0 saturated carbocycles. The first-order chi connectivity index (χ1) is 13.3. The van der Waals surface area contributed by atoms with Gasteiger partial charge < -0.3 is 4.74 Å². The van der Waals surface area contributed by atoms with E-state index in [4.69, 9.17) is 4.74 Å². The molecule has 0 aliphatic carbocycles. The van der Waals surface area contributed by atoms with Gasteiger partial charge in [-0.15, -0.1) is 0 Å². The first kappa shape index (κ1) is 19.9. The second kappa shape index (κ2) is 8.06. The minimum absolute atomic E-state index is 0.137. The molecule has 0 fully saturated rings. The van der Waals surface area contributed by atoms with Gasteiger partial charge >= 0.3 is 0 Å². The summed E-state index contributed by atoms with van der Waals surface area (Å²) >= 11 is 3.26. The summed E-state index contributed by atoms with van der Waals surface area (Å²) in [6.07, 6.45) is 3.25. The maximum Gasteiger partial charge on any atom is 0.273 e. The Kier molecular flexibility index (Phi) is 5.74. The highest BCUT2D eigenvalue weighted by molar-refractivity contribution is 9.10. The number of ether oxygens (including phenoxy) is 1. The summed E-state index contributed by atoms with van der Waals surface area (Å²) in [5.74, 6) is -1.09. The Morgan fingerprint density at radius 1 is 1.25 bits per heavy atom. The number of hydrogen-bond acceptors (Lipinski definition) is 3. The van der Waals surface area contributed by atoms with Crippen molar-refractivity contribution in [1.82, 2.24) is 9.55 Å². The van der Waals surface area contributed by atoms with Gasteiger partial charge in [0.15, 0.2) is 0 Å². The number of halogens is 3. The third kappa shape index (κ3) is 3.89. The first-order valence-electron chi connectivity index (χ1n) is 8.40. The normalized spacial score (nSPS) is 10.8. The molecule has 4 nitrogen and oxygen atoms in total. The molecule has 7 heteroatoms. The molecule has 0 unspecified atom stereocenters. The van der Waals surface area contributed by atoms with E-state index in [0.29, 0.717) is 11.4 Å². The van der Waals surface area contributed by atoms with Crippen LogP contribution in [0.1, 0.15) is 22.5 Å². The number of hydrogen-bond donors (Lipinski definition) is 0. The zero-order chi connectivity index (χ0) is 20.4. The van der Waals surface area contributed by atoms with Gasteiger partial charge in [-0.25, -0.2) is 8.78 Å². The van der Waals surface area contributed by atoms with E-state index in [1.807, 2.05) is 13.0 Å². The molecule has 3 aromatic rings. The molecule has 3 rings (SSSR count). The summed E-state index contributed by atoms with van der Waals surface area (Å²) in [5, 5.41) is 0. The lowest BCUT2D eigenvalue weighted by atomic mass is 10.2. The van der Waals surface area contributed by atoms with Crippen molar-refractivity contribution in [3.05, 3.63) is 92.1 Å². The lowest BCUT2D eigenvalue weighted by Crippen LogP contribution is -2.22. The van der Waals surface area contributed by atoms with Crippen LogP contribution in [0.25, 0.3) is 11.8 Å². The number of pyridine rings is 2. The van der Waals surface area contributed by atoms with E-state index in [-0.39, 0.29) is 28.0 Å². The van der Waals surface area contributed by atoms with E-state index in [1.54, 1.807) is 25.3 Å². The SMILES string of the molecule is C=Cc1ncc(-n2c(C)cc(OCc3ccc(F)cc3F)c(Br)c2=O)cc1C. The summed E-state index contributed by atoms with van der Waals surface area (Å²) in [6.45, 7) is 7.22. The van der Waals surface area contributed by atoms with E-state index in [9.17, 15) is 13.6 Å². The van der Waals surface area contributed by atoms with Gasteiger partial charge in [0, 0.05) is 23.4 Å². The van der Waals surface area contributed by atoms with Crippen LogP contribution in [-0.4, -0.2) is 9.55 Å². The number of rotatable bonds is 5. The second-order valence-corrected chi connectivity index (χ2v) is 7.02. The van der Waals surface area contributed by atoms with Crippen LogP contribution >= 0.6 is 15.9 Å². The minimum Gasteiger partial charge on any atom is -0.487 e. The highest BCUT2D eigenvalue weighted by atomic mass is 79.9. The maximum atomic E-state index is 13.8. The molecule has 2 aromatic heterocycles. The van der Waals surface area contributed by atoms with E-state index < -0.39 is 11.6 Å². The van der Waals surface area contributed by atoms with Gasteiger partial charge in [0.1, 0.15) is 28.5 Å². The van der Waals surface area contributed by atoms with Crippen molar-refractivity contribution < 1.29 is 13.5 Å². The summed E-state index contributed by atoms with van der Waals surface area (Å²) in [4.78, 5) is 17.2. The molecule has 0 saturated heterocycles. The average molecular weight is 447 g/mol. The summed E-state index contributed by atoms with van der Waals surface area (Å²) in [6, 6.07) is 6.77. The molecule has 2 heterocycles. The predicted molar refractivity (Wildman–Crippen MR) is 108 cm³/mol. The topological polar surface area (TPSA) is 44.1 Å². The Bertz CT molecular complexity index is 1130. The maximum absolute atomic E-state index is 13.8. The van der Waals surface area contributed by atoms with Crippen LogP contribution < -0.4 is 10.3 Å². The fourth-order valence-electron chi connectivity index (χ4n) is 2.81. The predicted octanol–water partition coefficient (Wildman–Crippen LogP) is 5.11. The molecular weight excluding hydrogens is 430 g/mol. The van der Waals surface area contributed by atoms with Crippen molar-refractivity contribution in [2.45, 2.75) is 20.5 Å². The van der Waals surface area contributed by atoms with Crippen LogP contribution in [0.3, 0.4) is 0 Å². The minimum atomic E-state index is -0.704. The smallest absolute Gasteiger partial charge is 0.273 e. The van der Waals surface area contributed by atoms with Gasteiger partial charge in [0.25, 0.3) is 5.56 Å². The standard InChI is InChI=1S/C21H17BrF2N2O2/c1-4-18-12(2)7-16(10-25-18)26-13(3)8-19(20(22)21(26)27)28-11-14-5-6-15(23)9-17(14)24/h4-10H,1,11H2,2-3H3. The molecule has 0 atom stereocenters. The van der Waals surface area contributed by atoms with Crippen molar-refractivity contribution in [1.29, 1.82) is 0 Å². The van der Waals surface area contributed by atoms with Gasteiger partial charge in [-0.3, -0.25) is 14.3 Å².